The molecule has 0 aliphatic carbocycles. The Morgan fingerprint density at radius 3 is 3.12 bits per heavy atom. The number of nitrogens with one attached hydrogen (secondary N) is 1. The predicted octanol–water partition coefficient (Wildman–Crippen LogP) is 2.46. The average molecular weight is 238 g/mol. The first-order valence-electron chi connectivity index (χ1n) is 6.21. The van der Waals surface area contributed by atoms with Crippen LogP contribution in [0, 0.1) is 0 Å². The zero-order chi connectivity index (χ0) is 10.8. The van der Waals surface area contributed by atoms with Crippen molar-refractivity contribution in [2.75, 3.05) is 19.7 Å². The lowest BCUT2D eigenvalue weighted by Crippen LogP contribution is -2.28. The minimum Gasteiger partial charge on any atom is -0.373 e. The average Bonchev–Trinajstić information content (AvgIpc) is 3.01. The Kier molecular flexibility index (Phi) is 3.22. The van der Waals surface area contributed by atoms with Gasteiger partial charge in [0, 0.05) is 25.3 Å². The SMILES string of the molecule is c1nc(C2CCCNC2)sc1C1CCCO1. The summed E-state index contributed by atoms with van der Waals surface area (Å²) in [5, 5.41) is 4.75. The zero-order valence-electron chi connectivity index (χ0n) is 9.45. The highest BCUT2D eigenvalue weighted by atomic mass is 32.1. The summed E-state index contributed by atoms with van der Waals surface area (Å²) in [7, 11) is 0. The van der Waals surface area contributed by atoms with Crippen LogP contribution >= 0.6 is 11.3 Å². The first-order chi connectivity index (χ1) is 7.93. The van der Waals surface area contributed by atoms with E-state index < -0.39 is 0 Å². The molecule has 0 spiro atoms. The van der Waals surface area contributed by atoms with Crippen molar-refractivity contribution in [1.82, 2.24) is 10.3 Å². The second-order valence-electron chi connectivity index (χ2n) is 4.65. The molecule has 2 atom stereocenters. The van der Waals surface area contributed by atoms with Crippen molar-refractivity contribution in [3.63, 3.8) is 0 Å². The van der Waals surface area contributed by atoms with E-state index in [0.717, 1.165) is 13.2 Å². The minimum absolute atomic E-state index is 0.336. The third-order valence-electron chi connectivity index (χ3n) is 3.43. The van der Waals surface area contributed by atoms with Crippen molar-refractivity contribution >= 4 is 11.3 Å². The summed E-state index contributed by atoms with van der Waals surface area (Å²) in [5.74, 6) is 0.633. The van der Waals surface area contributed by atoms with Gasteiger partial charge in [0.15, 0.2) is 0 Å². The second-order valence-corrected chi connectivity index (χ2v) is 5.74. The molecule has 0 amide bonds. The molecule has 4 heteroatoms. The number of hydrogen-bond acceptors (Lipinski definition) is 4. The third-order valence-corrected chi connectivity index (χ3v) is 4.69. The second kappa shape index (κ2) is 4.82. The molecular weight excluding hydrogens is 220 g/mol. The maximum absolute atomic E-state index is 5.69. The van der Waals surface area contributed by atoms with Crippen LogP contribution in [0.25, 0.3) is 0 Å². The molecule has 2 aliphatic rings. The summed E-state index contributed by atoms with van der Waals surface area (Å²) in [5.41, 5.74) is 0. The van der Waals surface area contributed by atoms with E-state index in [2.05, 4.69) is 10.3 Å². The molecule has 88 valence electrons. The van der Waals surface area contributed by atoms with Crippen LogP contribution in [0.1, 0.15) is 47.6 Å². The summed E-state index contributed by atoms with van der Waals surface area (Å²) in [6.07, 6.45) is 7.30. The molecule has 2 saturated heterocycles. The molecule has 3 nitrogen and oxygen atoms in total. The molecule has 2 aliphatic heterocycles. The van der Waals surface area contributed by atoms with Gasteiger partial charge in [-0.05, 0) is 32.2 Å². The van der Waals surface area contributed by atoms with Crippen molar-refractivity contribution in [2.24, 2.45) is 0 Å². The van der Waals surface area contributed by atoms with Gasteiger partial charge in [0.05, 0.1) is 16.0 Å². The van der Waals surface area contributed by atoms with Gasteiger partial charge in [0.1, 0.15) is 0 Å². The van der Waals surface area contributed by atoms with Crippen molar-refractivity contribution < 1.29 is 4.74 Å². The Bertz CT molecular complexity index is 341. The van der Waals surface area contributed by atoms with E-state index in [9.17, 15) is 0 Å². The minimum atomic E-state index is 0.336. The summed E-state index contributed by atoms with van der Waals surface area (Å²) in [6, 6.07) is 0. The number of nitrogens with zero attached hydrogens (tertiary/aromatic N) is 1. The van der Waals surface area contributed by atoms with E-state index in [1.807, 2.05) is 17.5 Å². The number of hydrogen-bond donors (Lipinski definition) is 1. The Hall–Kier alpha value is -0.450. The highest BCUT2D eigenvalue weighted by Gasteiger charge is 2.23. The van der Waals surface area contributed by atoms with Crippen LogP contribution in [-0.2, 0) is 4.74 Å². The fourth-order valence-electron chi connectivity index (χ4n) is 2.50. The lowest BCUT2D eigenvalue weighted by molar-refractivity contribution is 0.114. The Morgan fingerprint density at radius 2 is 2.38 bits per heavy atom. The first kappa shape index (κ1) is 10.7. The van der Waals surface area contributed by atoms with Gasteiger partial charge in [-0.1, -0.05) is 0 Å². The van der Waals surface area contributed by atoms with E-state index in [4.69, 9.17) is 4.74 Å². The molecule has 3 rings (SSSR count). The lowest BCUT2D eigenvalue weighted by atomic mass is 10.0. The van der Waals surface area contributed by atoms with Crippen LogP contribution in [0.2, 0.25) is 0 Å². The molecular formula is C12H18N2OS. The molecule has 1 aromatic heterocycles. The van der Waals surface area contributed by atoms with Gasteiger partial charge in [0.2, 0.25) is 0 Å². The molecule has 2 unspecified atom stereocenters. The van der Waals surface area contributed by atoms with Gasteiger partial charge < -0.3 is 10.1 Å². The zero-order valence-corrected chi connectivity index (χ0v) is 10.3. The normalized spacial score (nSPS) is 30.8. The monoisotopic (exact) mass is 238 g/mol. The van der Waals surface area contributed by atoms with Gasteiger partial charge >= 0.3 is 0 Å². The molecule has 1 N–H and O–H groups in total. The number of piperidine rings is 1. The predicted molar refractivity (Wildman–Crippen MR) is 64.9 cm³/mol. The quantitative estimate of drug-likeness (QED) is 0.859. The Morgan fingerprint density at radius 1 is 1.38 bits per heavy atom. The Balaban J connectivity index is 1.71. The lowest BCUT2D eigenvalue weighted by Gasteiger charge is -2.20. The molecule has 0 saturated carbocycles. The van der Waals surface area contributed by atoms with Gasteiger partial charge in [0.25, 0.3) is 0 Å². The summed E-state index contributed by atoms with van der Waals surface area (Å²) in [4.78, 5) is 5.91. The molecule has 3 heterocycles. The van der Waals surface area contributed by atoms with Crippen LogP contribution in [-0.4, -0.2) is 24.7 Å². The first-order valence-corrected chi connectivity index (χ1v) is 7.03. The molecule has 1 aromatic rings. The highest BCUT2D eigenvalue weighted by molar-refractivity contribution is 7.11. The third kappa shape index (κ3) is 2.14. The molecule has 0 radical (unpaired) electrons. The smallest absolute Gasteiger partial charge is 0.0972 e. The highest BCUT2D eigenvalue weighted by Crippen LogP contribution is 2.35. The number of rotatable bonds is 2. The van der Waals surface area contributed by atoms with E-state index in [1.54, 1.807) is 0 Å². The molecule has 16 heavy (non-hydrogen) atoms. The van der Waals surface area contributed by atoms with Gasteiger partial charge in [-0.25, -0.2) is 4.98 Å². The van der Waals surface area contributed by atoms with Gasteiger partial charge in [-0.2, -0.15) is 0 Å². The van der Waals surface area contributed by atoms with Crippen LogP contribution in [0.3, 0.4) is 0 Å². The van der Waals surface area contributed by atoms with Gasteiger partial charge in [-0.3, -0.25) is 0 Å². The Labute approximate surface area is 100 Å². The fraction of sp³-hybridized carbons (Fsp3) is 0.750. The molecule has 0 aromatic carbocycles. The largest absolute Gasteiger partial charge is 0.373 e. The molecule has 2 fully saturated rings. The maximum Gasteiger partial charge on any atom is 0.0972 e. The number of aromatic nitrogens is 1. The van der Waals surface area contributed by atoms with Crippen LogP contribution in [0.5, 0.6) is 0 Å². The van der Waals surface area contributed by atoms with Crippen molar-refractivity contribution in [1.29, 1.82) is 0 Å². The number of thiazole rings is 1. The van der Waals surface area contributed by atoms with Gasteiger partial charge in [-0.15, -0.1) is 11.3 Å². The van der Waals surface area contributed by atoms with Crippen LogP contribution in [0.15, 0.2) is 6.20 Å². The topological polar surface area (TPSA) is 34.2 Å². The van der Waals surface area contributed by atoms with Crippen molar-refractivity contribution in [3.05, 3.63) is 16.1 Å². The standard InChI is InChI=1S/C12H18N2OS/c1-3-9(7-13-5-1)12-14-8-11(16-12)10-4-2-6-15-10/h8-10,13H,1-7H2. The maximum atomic E-state index is 5.69. The summed E-state index contributed by atoms with van der Waals surface area (Å²) >= 11 is 1.86. The van der Waals surface area contributed by atoms with Crippen LogP contribution in [0.4, 0.5) is 0 Å². The fourth-order valence-corrected chi connectivity index (χ4v) is 3.64. The van der Waals surface area contributed by atoms with Crippen molar-refractivity contribution in [2.45, 2.75) is 37.7 Å². The van der Waals surface area contributed by atoms with E-state index in [0.29, 0.717) is 12.0 Å². The van der Waals surface area contributed by atoms with E-state index in [1.165, 1.54) is 42.1 Å². The van der Waals surface area contributed by atoms with E-state index in [-0.39, 0.29) is 0 Å². The summed E-state index contributed by atoms with van der Waals surface area (Å²) in [6.45, 7) is 3.18. The van der Waals surface area contributed by atoms with E-state index >= 15 is 0 Å². The van der Waals surface area contributed by atoms with Crippen LogP contribution < -0.4 is 5.32 Å². The van der Waals surface area contributed by atoms with Crippen molar-refractivity contribution in [3.8, 4) is 0 Å². The summed E-state index contributed by atoms with van der Waals surface area (Å²) < 4.78 is 5.69. The number of ether oxygens (including phenoxy) is 1. The molecule has 0 bridgehead atoms.